The van der Waals surface area contributed by atoms with E-state index < -0.39 is 15.8 Å². The van der Waals surface area contributed by atoms with Crippen molar-refractivity contribution in [3.8, 4) is 0 Å². The van der Waals surface area contributed by atoms with Crippen molar-refractivity contribution in [2.45, 2.75) is 32.4 Å². The Morgan fingerprint density at radius 1 is 1.31 bits per heavy atom. The molecular weight excluding hydrogens is 358 g/mol. The number of oxazole rings is 1. The topological polar surface area (TPSA) is 102 Å². The maximum atomic E-state index is 12.7. The van der Waals surface area contributed by atoms with Crippen LogP contribution >= 0.6 is 0 Å². The van der Waals surface area contributed by atoms with Crippen molar-refractivity contribution in [2.24, 2.45) is 5.92 Å². The first kappa shape index (κ1) is 18.7. The first-order valence-electron chi connectivity index (χ1n) is 8.62. The Balaban J connectivity index is 1.77. The Morgan fingerprint density at radius 2 is 2.04 bits per heavy atom. The lowest BCUT2D eigenvalue weighted by molar-refractivity contribution is -0.131. The fourth-order valence-corrected chi connectivity index (χ4v) is 4.36. The highest BCUT2D eigenvalue weighted by Gasteiger charge is 2.36. The van der Waals surface area contributed by atoms with Crippen molar-refractivity contribution >= 4 is 27.0 Å². The summed E-state index contributed by atoms with van der Waals surface area (Å²) in [5, 5.41) is 0. The summed E-state index contributed by atoms with van der Waals surface area (Å²) in [5.74, 6) is -0.733. The van der Waals surface area contributed by atoms with Crippen molar-refractivity contribution in [3.63, 3.8) is 0 Å². The minimum atomic E-state index is -3.35. The molecule has 0 aliphatic carbocycles. The number of carbonyl (C=O) groups is 1. The number of hydrogen-bond acceptors (Lipinski definition) is 5. The van der Waals surface area contributed by atoms with Crippen LogP contribution in [0.1, 0.15) is 19.8 Å². The van der Waals surface area contributed by atoms with Crippen LogP contribution in [0.15, 0.2) is 33.5 Å². The smallest absolute Gasteiger partial charge is 0.408 e. The lowest BCUT2D eigenvalue weighted by Crippen LogP contribution is -2.41. The molecule has 3 rings (SSSR count). The molecule has 1 aliphatic heterocycles. The van der Waals surface area contributed by atoms with E-state index in [2.05, 4.69) is 4.72 Å². The Kier molecular flexibility index (Phi) is 5.19. The summed E-state index contributed by atoms with van der Waals surface area (Å²) in [6.45, 7) is 2.69. The van der Waals surface area contributed by atoms with E-state index in [9.17, 15) is 18.0 Å². The van der Waals surface area contributed by atoms with Crippen LogP contribution in [0.25, 0.3) is 11.1 Å². The van der Waals surface area contributed by atoms with Gasteiger partial charge in [-0.3, -0.25) is 9.36 Å². The second-order valence-corrected chi connectivity index (χ2v) is 8.55. The minimum Gasteiger partial charge on any atom is -0.408 e. The van der Waals surface area contributed by atoms with Gasteiger partial charge in [-0.15, -0.1) is 0 Å². The van der Waals surface area contributed by atoms with E-state index in [1.807, 2.05) is 6.92 Å². The van der Waals surface area contributed by atoms with E-state index in [1.54, 1.807) is 29.2 Å². The van der Waals surface area contributed by atoms with Gasteiger partial charge in [0.15, 0.2) is 5.58 Å². The van der Waals surface area contributed by atoms with Gasteiger partial charge >= 0.3 is 5.76 Å². The third-order valence-electron chi connectivity index (χ3n) is 4.69. The van der Waals surface area contributed by atoms with Crippen molar-refractivity contribution in [3.05, 3.63) is 34.8 Å². The maximum Gasteiger partial charge on any atom is 0.420 e. The zero-order chi connectivity index (χ0) is 18.9. The van der Waals surface area contributed by atoms with Crippen LogP contribution in [0.4, 0.5) is 0 Å². The average molecular weight is 381 g/mol. The number of carbonyl (C=O) groups excluding carboxylic acids is 1. The Bertz CT molecular complexity index is 962. The van der Waals surface area contributed by atoms with Gasteiger partial charge in [0.05, 0.1) is 11.8 Å². The number of amides is 1. The van der Waals surface area contributed by atoms with Gasteiger partial charge in [-0.25, -0.2) is 17.9 Å². The highest BCUT2D eigenvalue weighted by atomic mass is 32.2. The Hall–Kier alpha value is -2.13. The third kappa shape index (κ3) is 3.99. The molecule has 0 radical (unpaired) electrons. The number of benzene rings is 1. The van der Waals surface area contributed by atoms with Crippen molar-refractivity contribution in [1.29, 1.82) is 0 Å². The normalized spacial score (nSPS) is 20.8. The van der Waals surface area contributed by atoms with Gasteiger partial charge < -0.3 is 9.32 Å². The summed E-state index contributed by atoms with van der Waals surface area (Å²) >= 11 is 0. The third-order valence-corrected chi connectivity index (χ3v) is 5.42. The number of fused-ring (bicyclic) bond motifs is 1. The monoisotopic (exact) mass is 381 g/mol. The van der Waals surface area contributed by atoms with Gasteiger partial charge in [-0.05, 0) is 24.5 Å². The van der Waals surface area contributed by atoms with E-state index in [-0.39, 0.29) is 24.4 Å². The van der Waals surface area contributed by atoms with Crippen LogP contribution in [0.2, 0.25) is 0 Å². The number of sulfonamides is 1. The predicted octanol–water partition coefficient (Wildman–Crippen LogP) is 0.771. The number of hydrogen-bond donors (Lipinski definition) is 1. The molecule has 142 valence electrons. The molecule has 26 heavy (non-hydrogen) atoms. The van der Waals surface area contributed by atoms with Crippen molar-refractivity contribution in [2.75, 3.05) is 19.3 Å². The van der Waals surface area contributed by atoms with Gasteiger partial charge in [0.25, 0.3) is 0 Å². The molecule has 2 heterocycles. The molecule has 8 nitrogen and oxygen atoms in total. The van der Waals surface area contributed by atoms with Gasteiger partial charge in [0.1, 0.15) is 6.54 Å². The number of rotatable bonds is 6. The molecule has 1 aromatic carbocycles. The van der Waals surface area contributed by atoms with Crippen LogP contribution in [0.5, 0.6) is 0 Å². The van der Waals surface area contributed by atoms with Crippen LogP contribution < -0.4 is 10.5 Å². The predicted molar refractivity (Wildman–Crippen MR) is 97.2 cm³/mol. The molecule has 0 saturated carbocycles. The zero-order valence-corrected chi connectivity index (χ0v) is 15.7. The molecule has 1 amide bonds. The lowest BCUT2D eigenvalue weighted by Gasteiger charge is -2.17. The van der Waals surface area contributed by atoms with E-state index in [0.29, 0.717) is 24.2 Å². The van der Waals surface area contributed by atoms with E-state index in [4.69, 9.17) is 4.42 Å². The van der Waals surface area contributed by atoms with Crippen LogP contribution in [-0.2, 0) is 21.4 Å². The van der Waals surface area contributed by atoms with E-state index >= 15 is 0 Å². The van der Waals surface area contributed by atoms with Gasteiger partial charge in [0.2, 0.25) is 15.9 Å². The number of aromatic nitrogens is 1. The average Bonchev–Trinajstić information content (AvgIpc) is 3.08. The van der Waals surface area contributed by atoms with Gasteiger partial charge in [-0.1, -0.05) is 25.5 Å². The molecule has 1 fully saturated rings. The summed E-state index contributed by atoms with van der Waals surface area (Å²) < 4.78 is 32.3. The highest BCUT2D eigenvalue weighted by molar-refractivity contribution is 7.88. The first-order valence-corrected chi connectivity index (χ1v) is 10.5. The summed E-state index contributed by atoms with van der Waals surface area (Å²) in [7, 11) is -3.35. The molecule has 9 heteroatoms. The van der Waals surface area contributed by atoms with Gasteiger partial charge in [0, 0.05) is 19.1 Å². The molecular formula is C17H23N3O5S. The first-order chi connectivity index (χ1) is 12.3. The second kappa shape index (κ2) is 7.24. The molecule has 1 aromatic heterocycles. The standard InChI is InChI=1S/C17H23N3O5S/c1-3-6-12-9-19(10-13(12)18-26(2,23)24)16(21)11-20-14-7-4-5-8-15(14)25-17(20)22/h4-5,7-8,12-13,18H,3,6,9-11H2,1-2H3/t12-,13-/m1/s1. The fraction of sp³-hybridized carbons (Fsp3) is 0.529. The van der Waals surface area contributed by atoms with E-state index in [1.165, 1.54) is 4.57 Å². The van der Waals surface area contributed by atoms with E-state index in [0.717, 1.165) is 19.1 Å². The molecule has 0 bridgehead atoms. The summed E-state index contributed by atoms with van der Waals surface area (Å²) in [6, 6.07) is 6.64. The maximum absolute atomic E-state index is 12.7. The Labute approximate surface area is 151 Å². The molecule has 2 atom stereocenters. The van der Waals surface area contributed by atoms with Crippen molar-refractivity contribution < 1.29 is 17.6 Å². The second-order valence-electron chi connectivity index (χ2n) is 6.77. The summed E-state index contributed by atoms with van der Waals surface area (Å²) in [6.07, 6.45) is 2.85. The number of nitrogens with one attached hydrogen (secondary N) is 1. The fourth-order valence-electron chi connectivity index (χ4n) is 3.55. The number of likely N-dealkylation sites (tertiary alicyclic amines) is 1. The molecule has 1 N–H and O–H groups in total. The number of para-hydroxylation sites is 2. The molecule has 0 unspecified atom stereocenters. The molecule has 1 aliphatic rings. The van der Waals surface area contributed by atoms with Crippen LogP contribution in [0.3, 0.4) is 0 Å². The lowest BCUT2D eigenvalue weighted by atomic mass is 9.99. The summed E-state index contributed by atoms with van der Waals surface area (Å²) in [4.78, 5) is 26.4. The quantitative estimate of drug-likeness (QED) is 0.796. The highest BCUT2D eigenvalue weighted by Crippen LogP contribution is 2.23. The molecule has 0 spiro atoms. The largest absolute Gasteiger partial charge is 0.420 e. The minimum absolute atomic E-state index is 0.0662. The zero-order valence-electron chi connectivity index (χ0n) is 14.8. The van der Waals surface area contributed by atoms with Gasteiger partial charge in [-0.2, -0.15) is 0 Å². The number of nitrogens with zero attached hydrogens (tertiary/aromatic N) is 2. The Morgan fingerprint density at radius 3 is 2.73 bits per heavy atom. The molecule has 2 aromatic rings. The summed E-state index contributed by atoms with van der Waals surface area (Å²) in [5.41, 5.74) is 1.01. The van der Waals surface area contributed by atoms with Crippen LogP contribution in [-0.4, -0.2) is 49.2 Å². The SMILES string of the molecule is CCC[C@@H]1CN(C(=O)Cn2c(=O)oc3ccccc32)C[C@H]1NS(C)(=O)=O. The molecule has 1 saturated heterocycles. The van der Waals surface area contributed by atoms with Crippen molar-refractivity contribution in [1.82, 2.24) is 14.2 Å². The van der Waals surface area contributed by atoms with Crippen LogP contribution in [0, 0.1) is 5.92 Å².